The van der Waals surface area contributed by atoms with Gasteiger partial charge in [-0.25, -0.2) is 0 Å². The predicted molar refractivity (Wildman–Crippen MR) is 32.7 cm³/mol. The number of hydrogen-bond donors (Lipinski definition) is 1. The summed E-state index contributed by atoms with van der Waals surface area (Å²) in [5.41, 5.74) is 3.73. The van der Waals surface area contributed by atoms with Crippen LogP contribution in [0.4, 0.5) is 0 Å². The Morgan fingerprint density at radius 2 is 2.00 bits per heavy atom. The molecule has 1 aliphatic rings. The largest absolute Gasteiger partial charge is 0.357 e. The molecule has 0 saturated carbocycles. The topological polar surface area (TPSA) is 46.1 Å². The maximum absolute atomic E-state index is 5.32. The lowest BCUT2D eigenvalue weighted by Crippen LogP contribution is -2.53. The van der Waals surface area contributed by atoms with E-state index in [0.29, 0.717) is 0 Å². The van der Waals surface area contributed by atoms with Crippen LogP contribution in [0.3, 0.4) is 0 Å². The second-order valence-corrected chi connectivity index (χ2v) is 2.43. The molecule has 0 aromatic rings. The van der Waals surface area contributed by atoms with Crippen molar-refractivity contribution in [3.63, 3.8) is 0 Å². The average Bonchev–Trinajstić information content (AvgIpc) is 2.16. The minimum absolute atomic E-state index is 0.318. The predicted octanol–water partition coefficient (Wildman–Crippen LogP) is -0.619. The van der Waals surface area contributed by atoms with E-state index in [-0.39, 0.29) is 5.79 Å². The maximum atomic E-state index is 5.32. The van der Waals surface area contributed by atoms with Gasteiger partial charge in [0.15, 0.2) is 5.79 Å². The first-order chi connectivity index (χ1) is 4.27. The summed E-state index contributed by atoms with van der Waals surface area (Å²) in [5.74, 6) is -0.318. The molecule has 3 nitrogen and oxygen atoms in total. The highest BCUT2D eigenvalue weighted by molar-refractivity contribution is 4.66. The van der Waals surface area contributed by atoms with Crippen LogP contribution in [0.25, 0.3) is 0 Å². The highest BCUT2D eigenvalue weighted by Crippen LogP contribution is 2.20. The monoisotopic (exact) mass is 132 g/mol. The van der Waals surface area contributed by atoms with Gasteiger partial charge in [-0.1, -0.05) is 0 Å². The van der Waals surface area contributed by atoms with Crippen LogP contribution in [0.2, 0.25) is 0 Å². The van der Waals surface area contributed by atoms with Crippen LogP contribution in [0, 0.1) is 0 Å². The first-order valence-electron chi connectivity index (χ1n) is 3.34. The summed E-state index contributed by atoms with van der Waals surface area (Å²) in [6.45, 7) is 4.30. The zero-order valence-electron chi connectivity index (χ0n) is 5.85. The van der Waals surface area contributed by atoms with E-state index in [1.165, 1.54) is 0 Å². The van der Waals surface area contributed by atoms with Gasteiger partial charge in [-0.3, -0.25) is 0 Å². The minimum Gasteiger partial charge on any atom is -0.357 e. The van der Waals surface area contributed by atoms with E-state index in [1.54, 1.807) is 0 Å². The Balaban J connectivity index is 2.32. The van der Waals surface area contributed by atoms with Gasteiger partial charge in [0.25, 0.3) is 0 Å². The molecule has 54 valence electrons. The van der Waals surface area contributed by atoms with Crippen molar-refractivity contribution >= 4 is 0 Å². The van der Waals surface area contributed by atoms with Crippen LogP contribution in [-0.2, 0) is 9.47 Å². The number of hydrogen-bond acceptors (Lipinski definition) is 2. The molecule has 0 atom stereocenters. The normalized spacial score (nSPS) is 24.7. The molecular formula is C6H14NO2+. The number of ether oxygens (including phenoxy) is 2. The second kappa shape index (κ2) is 2.64. The summed E-state index contributed by atoms with van der Waals surface area (Å²) < 4.78 is 10.6. The molecule has 0 aromatic carbocycles. The van der Waals surface area contributed by atoms with Crippen LogP contribution in [0.5, 0.6) is 0 Å². The summed E-state index contributed by atoms with van der Waals surface area (Å²) in [6, 6.07) is 0. The van der Waals surface area contributed by atoms with Gasteiger partial charge < -0.3 is 15.2 Å². The van der Waals surface area contributed by atoms with E-state index in [0.717, 1.165) is 26.2 Å². The zero-order chi connectivity index (χ0) is 6.74. The Labute approximate surface area is 55.1 Å². The third kappa shape index (κ3) is 1.64. The van der Waals surface area contributed by atoms with Crippen molar-refractivity contribution in [3.05, 3.63) is 0 Å². The molecule has 0 bridgehead atoms. The van der Waals surface area contributed by atoms with Crippen molar-refractivity contribution < 1.29 is 15.2 Å². The molecule has 1 saturated heterocycles. The molecule has 1 fully saturated rings. The van der Waals surface area contributed by atoms with Gasteiger partial charge >= 0.3 is 0 Å². The van der Waals surface area contributed by atoms with Crippen molar-refractivity contribution in [2.45, 2.75) is 19.1 Å². The molecule has 0 amide bonds. The molecule has 1 rings (SSSR count). The fourth-order valence-electron chi connectivity index (χ4n) is 1.02. The highest BCUT2D eigenvalue weighted by Gasteiger charge is 2.30. The van der Waals surface area contributed by atoms with Crippen LogP contribution in [0.15, 0.2) is 0 Å². The van der Waals surface area contributed by atoms with E-state index >= 15 is 0 Å². The van der Waals surface area contributed by atoms with E-state index in [9.17, 15) is 0 Å². The van der Waals surface area contributed by atoms with Crippen molar-refractivity contribution in [2.75, 3.05) is 19.8 Å². The number of rotatable bonds is 2. The molecule has 0 aromatic heterocycles. The van der Waals surface area contributed by atoms with E-state index in [2.05, 4.69) is 5.73 Å². The van der Waals surface area contributed by atoms with Crippen LogP contribution >= 0.6 is 0 Å². The molecule has 1 aliphatic heterocycles. The zero-order valence-corrected chi connectivity index (χ0v) is 5.85. The molecule has 0 spiro atoms. The average molecular weight is 132 g/mol. The smallest absolute Gasteiger partial charge is 0.171 e. The lowest BCUT2D eigenvalue weighted by atomic mass is 10.2. The van der Waals surface area contributed by atoms with Crippen molar-refractivity contribution in [2.24, 2.45) is 0 Å². The number of quaternary nitrogens is 1. The Morgan fingerprint density at radius 1 is 1.44 bits per heavy atom. The molecular weight excluding hydrogens is 118 g/mol. The first kappa shape index (κ1) is 6.99. The molecule has 3 N–H and O–H groups in total. The lowest BCUT2D eigenvalue weighted by Gasteiger charge is -2.19. The van der Waals surface area contributed by atoms with Gasteiger partial charge in [-0.15, -0.1) is 0 Å². The fraction of sp³-hybridized carbons (Fsp3) is 1.00. The summed E-state index contributed by atoms with van der Waals surface area (Å²) in [5, 5.41) is 0. The van der Waals surface area contributed by atoms with Crippen molar-refractivity contribution in [3.8, 4) is 0 Å². The Hall–Kier alpha value is -0.120. The molecule has 3 heteroatoms. The van der Waals surface area contributed by atoms with Gasteiger partial charge in [-0.05, 0) is 6.92 Å². The van der Waals surface area contributed by atoms with Crippen molar-refractivity contribution in [1.29, 1.82) is 0 Å². The maximum Gasteiger partial charge on any atom is 0.171 e. The summed E-state index contributed by atoms with van der Waals surface area (Å²) in [4.78, 5) is 0. The summed E-state index contributed by atoms with van der Waals surface area (Å²) >= 11 is 0. The van der Waals surface area contributed by atoms with Crippen molar-refractivity contribution in [1.82, 2.24) is 0 Å². The lowest BCUT2D eigenvalue weighted by molar-refractivity contribution is -0.379. The molecule has 9 heavy (non-hydrogen) atoms. The third-order valence-corrected chi connectivity index (χ3v) is 1.53. The molecule has 0 aliphatic carbocycles. The van der Waals surface area contributed by atoms with Gasteiger partial charge in [0.05, 0.1) is 26.2 Å². The summed E-state index contributed by atoms with van der Waals surface area (Å²) in [6.07, 6.45) is 0.896. The highest BCUT2D eigenvalue weighted by atomic mass is 16.7. The van der Waals surface area contributed by atoms with E-state index < -0.39 is 0 Å². The molecule has 0 unspecified atom stereocenters. The van der Waals surface area contributed by atoms with Crippen LogP contribution < -0.4 is 5.73 Å². The van der Waals surface area contributed by atoms with Gasteiger partial charge in [0.1, 0.15) is 0 Å². The van der Waals surface area contributed by atoms with E-state index in [1.807, 2.05) is 6.92 Å². The van der Waals surface area contributed by atoms with Crippen LogP contribution in [-0.4, -0.2) is 25.5 Å². The van der Waals surface area contributed by atoms with Crippen LogP contribution in [0.1, 0.15) is 13.3 Å². The summed E-state index contributed by atoms with van der Waals surface area (Å²) in [7, 11) is 0. The molecule has 1 heterocycles. The quantitative estimate of drug-likeness (QED) is 0.544. The third-order valence-electron chi connectivity index (χ3n) is 1.53. The Bertz CT molecular complexity index is 89.1. The van der Waals surface area contributed by atoms with Gasteiger partial charge in [-0.2, -0.15) is 0 Å². The van der Waals surface area contributed by atoms with E-state index in [4.69, 9.17) is 9.47 Å². The first-order valence-corrected chi connectivity index (χ1v) is 3.34. The van der Waals surface area contributed by atoms with Gasteiger partial charge in [0, 0.05) is 0 Å². The molecule has 0 radical (unpaired) electrons. The minimum atomic E-state index is -0.318. The Kier molecular flexibility index (Phi) is 2.05. The second-order valence-electron chi connectivity index (χ2n) is 2.43. The van der Waals surface area contributed by atoms with Gasteiger partial charge in [0.2, 0.25) is 0 Å². The Morgan fingerprint density at radius 3 is 2.44 bits per heavy atom. The SMILES string of the molecule is CC1(CC[NH3+])OCCO1. The standard InChI is InChI=1S/C6H13NO2/c1-6(2-3-7)8-4-5-9-6/h2-5,7H2,1H3/p+1. The fourth-order valence-corrected chi connectivity index (χ4v) is 1.02.